The van der Waals surface area contributed by atoms with Crippen LogP contribution in [0.4, 0.5) is 5.82 Å². The van der Waals surface area contributed by atoms with Gasteiger partial charge in [0.25, 0.3) is 0 Å². The van der Waals surface area contributed by atoms with Gasteiger partial charge in [-0.05, 0) is 5.92 Å². The zero-order valence-electron chi connectivity index (χ0n) is 8.56. The van der Waals surface area contributed by atoms with Gasteiger partial charge in [0.1, 0.15) is 0 Å². The summed E-state index contributed by atoms with van der Waals surface area (Å²) in [5.41, 5.74) is 0. The van der Waals surface area contributed by atoms with E-state index in [9.17, 15) is 4.79 Å². The number of amides is 1. The van der Waals surface area contributed by atoms with Crippen LogP contribution >= 0.6 is 12.6 Å². The molecule has 1 aromatic rings. The molecule has 0 saturated heterocycles. The van der Waals surface area contributed by atoms with Crippen LogP contribution in [0.5, 0.6) is 0 Å². The molecule has 14 heavy (non-hydrogen) atoms. The Labute approximate surface area is 89.1 Å². The van der Waals surface area contributed by atoms with E-state index in [1.54, 1.807) is 24.0 Å². The van der Waals surface area contributed by atoms with Crippen LogP contribution in [-0.2, 0) is 11.8 Å². The molecule has 1 aromatic heterocycles. The first-order valence-electron chi connectivity index (χ1n) is 4.49. The van der Waals surface area contributed by atoms with Gasteiger partial charge in [-0.2, -0.15) is 17.7 Å². The molecule has 1 N–H and O–H groups in total. The van der Waals surface area contributed by atoms with Crippen molar-refractivity contribution in [1.82, 2.24) is 9.78 Å². The number of hydrogen-bond donors (Lipinski definition) is 2. The van der Waals surface area contributed by atoms with Crippen molar-refractivity contribution in [3.8, 4) is 0 Å². The smallest absolute Gasteiger partial charge is 0.238 e. The first-order chi connectivity index (χ1) is 6.50. The highest BCUT2D eigenvalue weighted by Crippen LogP contribution is 2.11. The second-order valence-electron chi connectivity index (χ2n) is 3.55. The second kappa shape index (κ2) is 4.50. The van der Waals surface area contributed by atoms with Gasteiger partial charge in [-0.1, -0.05) is 13.8 Å². The van der Waals surface area contributed by atoms with Gasteiger partial charge >= 0.3 is 0 Å². The van der Waals surface area contributed by atoms with Crippen LogP contribution in [0.25, 0.3) is 0 Å². The number of hydrogen-bond acceptors (Lipinski definition) is 3. The van der Waals surface area contributed by atoms with Gasteiger partial charge < -0.3 is 5.32 Å². The molecule has 5 heteroatoms. The van der Waals surface area contributed by atoms with Crippen molar-refractivity contribution in [3.63, 3.8) is 0 Å². The number of anilines is 1. The highest BCUT2D eigenvalue weighted by Gasteiger charge is 2.18. The quantitative estimate of drug-likeness (QED) is 0.744. The SMILES string of the molecule is CC(C)C(S)C(=O)Nc1ccn(C)n1. The summed E-state index contributed by atoms with van der Waals surface area (Å²) in [5, 5.41) is 6.45. The summed E-state index contributed by atoms with van der Waals surface area (Å²) in [6.07, 6.45) is 1.78. The lowest BCUT2D eigenvalue weighted by molar-refractivity contribution is -0.116. The molecule has 0 aromatic carbocycles. The van der Waals surface area contributed by atoms with E-state index in [1.165, 1.54) is 0 Å². The van der Waals surface area contributed by atoms with Crippen LogP contribution in [0.2, 0.25) is 0 Å². The average molecular weight is 213 g/mol. The maximum Gasteiger partial charge on any atom is 0.238 e. The molecule has 1 amide bonds. The highest BCUT2D eigenvalue weighted by atomic mass is 32.1. The summed E-state index contributed by atoms with van der Waals surface area (Å²) in [5.74, 6) is 0.668. The molecule has 0 radical (unpaired) electrons. The molecule has 1 unspecified atom stereocenters. The van der Waals surface area contributed by atoms with Crippen molar-refractivity contribution >= 4 is 24.4 Å². The number of rotatable bonds is 3. The third-order valence-corrected chi connectivity index (χ3v) is 2.70. The van der Waals surface area contributed by atoms with Crippen molar-refractivity contribution in [3.05, 3.63) is 12.3 Å². The van der Waals surface area contributed by atoms with E-state index in [2.05, 4.69) is 23.0 Å². The molecule has 0 fully saturated rings. The van der Waals surface area contributed by atoms with Crippen LogP contribution in [0.1, 0.15) is 13.8 Å². The van der Waals surface area contributed by atoms with Crippen LogP contribution in [0.15, 0.2) is 12.3 Å². The van der Waals surface area contributed by atoms with Gasteiger partial charge in [0.15, 0.2) is 5.82 Å². The van der Waals surface area contributed by atoms with Gasteiger partial charge in [0.05, 0.1) is 5.25 Å². The molecule has 0 saturated carbocycles. The third kappa shape index (κ3) is 2.77. The lowest BCUT2D eigenvalue weighted by Crippen LogP contribution is -2.27. The number of carbonyl (C=O) groups excluding carboxylic acids is 1. The molecular weight excluding hydrogens is 198 g/mol. The van der Waals surface area contributed by atoms with E-state index in [1.807, 2.05) is 13.8 Å². The lowest BCUT2D eigenvalue weighted by atomic mass is 10.1. The summed E-state index contributed by atoms with van der Waals surface area (Å²) < 4.78 is 1.64. The Hall–Kier alpha value is -0.970. The van der Waals surface area contributed by atoms with Crippen molar-refractivity contribution < 1.29 is 4.79 Å². The molecule has 1 heterocycles. The minimum atomic E-state index is -0.294. The Morgan fingerprint density at radius 3 is 2.71 bits per heavy atom. The van der Waals surface area contributed by atoms with Crippen LogP contribution in [0, 0.1) is 5.92 Å². The van der Waals surface area contributed by atoms with Gasteiger partial charge in [-0.3, -0.25) is 9.48 Å². The predicted octanol–water partition coefficient (Wildman–Crippen LogP) is 1.31. The van der Waals surface area contributed by atoms with Crippen LogP contribution < -0.4 is 5.32 Å². The van der Waals surface area contributed by atoms with Crippen LogP contribution in [0.3, 0.4) is 0 Å². The van der Waals surface area contributed by atoms with Crippen molar-refractivity contribution in [2.45, 2.75) is 19.1 Å². The number of aryl methyl sites for hydroxylation is 1. The summed E-state index contributed by atoms with van der Waals surface area (Å²) in [4.78, 5) is 11.5. The average Bonchev–Trinajstić information content (AvgIpc) is 2.49. The Bertz CT molecular complexity index is 322. The van der Waals surface area contributed by atoms with Crippen molar-refractivity contribution in [2.24, 2.45) is 13.0 Å². The third-order valence-electron chi connectivity index (χ3n) is 1.86. The van der Waals surface area contributed by atoms with Crippen molar-refractivity contribution in [2.75, 3.05) is 5.32 Å². The molecule has 1 atom stereocenters. The Morgan fingerprint density at radius 1 is 1.64 bits per heavy atom. The normalized spacial score (nSPS) is 12.9. The first-order valence-corrected chi connectivity index (χ1v) is 5.01. The topological polar surface area (TPSA) is 46.9 Å². The fourth-order valence-corrected chi connectivity index (χ4v) is 1.05. The summed E-state index contributed by atoms with van der Waals surface area (Å²) in [6, 6.07) is 1.75. The lowest BCUT2D eigenvalue weighted by Gasteiger charge is -2.12. The molecule has 1 rings (SSSR count). The second-order valence-corrected chi connectivity index (χ2v) is 4.11. The summed E-state index contributed by atoms with van der Waals surface area (Å²) >= 11 is 4.21. The van der Waals surface area contributed by atoms with Crippen molar-refractivity contribution in [1.29, 1.82) is 0 Å². The van der Waals surface area contributed by atoms with Gasteiger partial charge in [0, 0.05) is 19.3 Å². The molecule has 78 valence electrons. The first kappa shape index (κ1) is 11.1. The fraction of sp³-hybridized carbons (Fsp3) is 0.556. The van der Waals surface area contributed by atoms with Crippen LogP contribution in [-0.4, -0.2) is 20.9 Å². The molecule has 4 nitrogen and oxygen atoms in total. The predicted molar refractivity (Wildman–Crippen MR) is 59.4 cm³/mol. The Morgan fingerprint density at radius 2 is 2.29 bits per heavy atom. The molecule has 0 aliphatic heterocycles. The summed E-state index contributed by atoms with van der Waals surface area (Å²) in [7, 11) is 1.80. The van der Waals surface area contributed by atoms with E-state index in [0.29, 0.717) is 5.82 Å². The number of thiol groups is 1. The fourth-order valence-electron chi connectivity index (χ4n) is 0.985. The number of nitrogens with one attached hydrogen (secondary N) is 1. The molecular formula is C9H15N3OS. The minimum Gasteiger partial charge on any atom is -0.308 e. The maximum atomic E-state index is 11.5. The standard InChI is InChI=1S/C9H15N3OS/c1-6(2)8(14)9(13)10-7-4-5-12(3)11-7/h4-6,8,14H,1-3H3,(H,10,11,13). The Balaban J connectivity index is 2.57. The zero-order chi connectivity index (χ0) is 10.7. The monoisotopic (exact) mass is 213 g/mol. The number of nitrogens with zero attached hydrogens (tertiary/aromatic N) is 2. The van der Waals surface area contributed by atoms with E-state index >= 15 is 0 Å². The van der Waals surface area contributed by atoms with E-state index in [-0.39, 0.29) is 17.1 Å². The van der Waals surface area contributed by atoms with E-state index in [4.69, 9.17) is 0 Å². The Kier molecular flexibility index (Phi) is 3.57. The largest absolute Gasteiger partial charge is 0.308 e. The molecule has 0 aliphatic rings. The van der Waals surface area contributed by atoms with Gasteiger partial charge in [0.2, 0.25) is 5.91 Å². The zero-order valence-corrected chi connectivity index (χ0v) is 9.45. The number of carbonyl (C=O) groups is 1. The van der Waals surface area contributed by atoms with Gasteiger partial charge in [-0.25, -0.2) is 0 Å². The maximum absolute atomic E-state index is 11.5. The molecule has 0 spiro atoms. The van der Waals surface area contributed by atoms with E-state index < -0.39 is 0 Å². The summed E-state index contributed by atoms with van der Waals surface area (Å²) in [6.45, 7) is 3.91. The van der Waals surface area contributed by atoms with Gasteiger partial charge in [-0.15, -0.1) is 0 Å². The highest BCUT2D eigenvalue weighted by molar-refractivity contribution is 7.81. The van der Waals surface area contributed by atoms with E-state index in [0.717, 1.165) is 0 Å². The molecule has 0 aliphatic carbocycles. The number of aromatic nitrogens is 2. The minimum absolute atomic E-state index is 0.109. The molecule has 0 bridgehead atoms.